The average Bonchev–Trinajstić information content (AvgIpc) is 2.42. The number of anilines is 1. The summed E-state index contributed by atoms with van der Waals surface area (Å²) in [6, 6.07) is 3.86. The largest absolute Gasteiger partial charge is 0.398 e. The van der Waals surface area contributed by atoms with Crippen molar-refractivity contribution in [3.05, 3.63) is 27.4 Å². The second-order valence-corrected chi connectivity index (χ2v) is 4.28. The van der Waals surface area contributed by atoms with Gasteiger partial charge in [-0.3, -0.25) is 9.36 Å². The monoisotopic (exact) mass is 208 g/mol. The zero-order chi connectivity index (χ0) is 10.3. The Morgan fingerprint density at radius 3 is 2.86 bits per heavy atom. The molecule has 1 heterocycles. The smallest absolute Gasteiger partial charge is 0.308 e. The fourth-order valence-electron chi connectivity index (χ4n) is 1.53. The van der Waals surface area contributed by atoms with Crippen LogP contribution in [0.5, 0.6) is 0 Å². The van der Waals surface area contributed by atoms with Crippen molar-refractivity contribution in [2.45, 2.75) is 20.4 Å². The van der Waals surface area contributed by atoms with E-state index in [0.29, 0.717) is 6.54 Å². The highest BCUT2D eigenvalue weighted by Crippen LogP contribution is 2.23. The van der Waals surface area contributed by atoms with Crippen LogP contribution in [0.4, 0.5) is 5.69 Å². The number of benzene rings is 1. The molecule has 4 heteroatoms. The highest BCUT2D eigenvalue weighted by Gasteiger charge is 2.07. The molecular formula is C10H12N2OS. The van der Waals surface area contributed by atoms with E-state index in [0.717, 1.165) is 21.5 Å². The first-order valence-corrected chi connectivity index (χ1v) is 5.34. The van der Waals surface area contributed by atoms with Crippen LogP contribution in [0.1, 0.15) is 12.5 Å². The number of hydrogen-bond donors (Lipinski definition) is 1. The van der Waals surface area contributed by atoms with Crippen molar-refractivity contribution in [3.8, 4) is 0 Å². The van der Waals surface area contributed by atoms with Crippen LogP contribution in [-0.4, -0.2) is 4.57 Å². The zero-order valence-corrected chi connectivity index (χ0v) is 9.02. The minimum atomic E-state index is 0.0903. The van der Waals surface area contributed by atoms with Gasteiger partial charge in [-0.1, -0.05) is 11.3 Å². The van der Waals surface area contributed by atoms with E-state index in [-0.39, 0.29) is 4.87 Å². The number of thiazole rings is 1. The average molecular weight is 208 g/mol. The van der Waals surface area contributed by atoms with Gasteiger partial charge in [-0.2, -0.15) is 0 Å². The summed E-state index contributed by atoms with van der Waals surface area (Å²) >= 11 is 1.25. The van der Waals surface area contributed by atoms with Crippen molar-refractivity contribution in [1.29, 1.82) is 0 Å². The third-order valence-corrected chi connectivity index (χ3v) is 3.31. The molecule has 2 aromatic rings. The van der Waals surface area contributed by atoms with E-state index in [4.69, 9.17) is 5.73 Å². The molecule has 0 fully saturated rings. The van der Waals surface area contributed by atoms with Gasteiger partial charge < -0.3 is 5.73 Å². The van der Waals surface area contributed by atoms with Crippen molar-refractivity contribution in [1.82, 2.24) is 4.57 Å². The molecule has 3 nitrogen and oxygen atoms in total. The number of nitrogens with two attached hydrogens (primary N) is 1. The minimum absolute atomic E-state index is 0.0903. The lowest BCUT2D eigenvalue weighted by Gasteiger charge is -2.02. The summed E-state index contributed by atoms with van der Waals surface area (Å²) in [5.74, 6) is 0. The number of aryl methyl sites for hydroxylation is 2. The second-order valence-electron chi connectivity index (χ2n) is 3.29. The van der Waals surface area contributed by atoms with Crippen molar-refractivity contribution in [3.63, 3.8) is 0 Å². The first-order valence-electron chi connectivity index (χ1n) is 4.53. The predicted molar refractivity (Wildman–Crippen MR) is 60.9 cm³/mol. The van der Waals surface area contributed by atoms with Gasteiger partial charge in [0, 0.05) is 12.2 Å². The molecule has 0 spiro atoms. The van der Waals surface area contributed by atoms with Gasteiger partial charge >= 0.3 is 4.87 Å². The van der Waals surface area contributed by atoms with Crippen LogP contribution >= 0.6 is 11.3 Å². The molecule has 2 N–H and O–H groups in total. The highest BCUT2D eigenvalue weighted by molar-refractivity contribution is 7.16. The number of nitrogen functional groups attached to an aromatic ring is 1. The predicted octanol–water partition coefficient (Wildman–Crippen LogP) is 1.97. The first-order chi connectivity index (χ1) is 6.63. The summed E-state index contributed by atoms with van der Waals surface area (Å²) in [6.07, 6.45) is 0. The Hall–Kier alpha value is -1.29. The van der Waals surface area contributed by atoms with Gasteiger partial charge in [0.2, 0.25) is 0 Å². The van der Waals surface area contributed by atoms with Crippen molar-refractivity contribution in [2.75, 3.05) is 5.73 Å². The standard InChI is InChI=1S/C10H12N2OS/c1-3-12-8-4-6(2)7(11)5-9(8)14-10(12)13/h4-5H,3,11H2,1-2H3. The maximum absolute atomic E-state index is 11.5. The van der Waals surface area contributed by atoms with Gasteiger partial charge in [0.15, 0.2) is 0 Å². The molecule has 1 aromatic heterocycles. The Balaban J connectivity index is 2.89. The molecule has 74 valence electrons. The molecule has 14 heavy (non-hydrogen) atoms. The third kappa shape index (κ3) is 1.23. The number of rotatable bonds is 1. The topological polar surface area (TPSA) is 48.0 Å². The SMILES string of the molecule is CCn1c(=O)sc2cc(N)c(C)cc21. The Bertz CT molecular complexity index is 539. The van der Waals surface area contributed by atoms with Gasteiger partial charge in [0.05, 0.1) is 10.2 Å². The molecule has 2 rings (SSSR count). The highest BCUT2D eigenvalue weighted by atomic mass is 32.1. The van der Waals surface area contributed by atoms with E-state index in [1.165, 1.54) is 11.3 Å². The van der Waals surface area contributed by atoms with E-state index >= 15 is 0 Å². The number of nitrogens with zero attached hydrogens (tertiary/aromatic N) is 1. The van der Waals surface area contributed by atoms with Gasteiger partial charge in [0.25, 0.3) is 0 Å². The fourth-order valence-corrected chi connectivity index (χ4v) is 2.51. The number of fused-ring (bicyclic) bond motifs is 1. The fraction of sp³-hybridized carbons (Fsp3) is 0.300. The van der Waals surface area contributed by atoms with Gasteiger partial charge in [-0.15, -0.1) is 0 Å². The van der Waals surface area contributed by atoms with E-state index in [1.807, 2.05) is 26.0 Å². The van der Waals surface area contributed by atoms with Crippen molar-refractivity contribution >= 4 is 27.2 Å². The summed E-state index contributed by atoms with van der Waals surface area (Å²) in [5, 5.41) is 0. The zero-order valence-electron chi connectivity index (χ0n) is 8.20. The molecule has 0 atom stereocenters. The first kappa shape index (κ1) is 9.27. The van der Waals surface area contributed by atoms with Crippen LogP contribution in [0.2, 0.25) is 0 Å². The van der Waals surface area contributed by atoms with E-state index in [1.54, 1.807) is 4.57 Å². The molecule has 0 saturated heterocycles. The summed E-state index contributed by atoms with van der Waals surface area (Å²) in [5.41, 5.74) is 8.55. The van der Waals surface area contributed by atoms with Gasteiger partial charge in [-0.05, 0) is 31.5 Å². The summed E-state index contributed by atoms with van der Waals surface area (Å²) < 4.78 is 2.74. The summed E-state index contributed by atoms with van der Waals surface area (Å²) in [4.78, 5) is 11.6. The van der Waals surface area contributed by atoms with E-state index in [9.17, 15) is 4.79 Å². The Morgan fingerprint density at radius 2 is 2.21 bits per heavy atom. The van der Waals surface area contributed by atoms with Gasteiger partial charge in [0.1, 0.15) is 0 Å². The van der Waals surface area contributed by atoms with E-state index < -0.39 is 0 Å². The number of hydrogen-bond acceptors (Lipinski definition) is 3. The van der Waals surface area contributed by atoms with E-state index in [2.05, 4.69) is 0 Å². The van der Waals surface area contributed by atoms with Crippen LogP contribution in [0.25, 0.3) is 10.2 Å². The van der Waals surface area contributed by atoms with Crippen LogP contribution in [0, 0.1) is 6.92 Å². The molecule has 0 aliphatic rings. The molecule has 0 amide bonds. The van der Waals surface area contributed by atoms with Crippen LogP contribution in [0.15, 0.2) is 16.9 Å². The molecular weight excluding hydrogens is 196 g/mol. The Morgan fingerprint density at radius 1 is 1.50 bits per heavy atom. The van der Waals surface area contributed by atoms with Crippen molar-refractivity contribution in [2.24, 2.45) is 0 Å². The quantitative estimate of drug-likeness (QED) is 0.728. The number of aromatic nitrogens is 1. The normalized spacial score (nSPS) is 11.0. The van der Waals surface area contributed by atoms with Crippen LogP contribution in [-0.2, 0) is 6.54 Å². The third-order valence-electron chi connectivity index (χ3n) is 2.37. The van der Waals surface area contributed by atoms with Gasteiger partial charge in [-0.25, -0.2) is 0 Å². The lowest BCUT2D eigenvalue weighted by Crippen LogP contribution is -2.10. The van der Waals surface area contributed by atoms with Crippen LogP contribution in [0.3, 0.4) is 0 Å². The maximum Gasteiger partial charge on any atom is 0.308 e. The van der Waals surface area contributed by atoms with Crippen LogP contribution < -0.4 is 10.6 Å². The summed E-state index contributed by atoms with van der Waals surface area (Å²) in [6.45, 7) is 4.64. The molecule has 1 aromatic carbocycles. The minimum Gasteiger partial charge on any atom is -0.398 e. The Labute approximate surface area is 85.8 Å². The molecule has 0 aliphatic carbocycles. The Kier molecular flexibility index (Phi) is 2.07. The lowest BCUT2D eigenvalue weighted by molar-refractivity contribution is 0.778. The molecule has 0 radical (unpaired) electrons. The lowest BCUT2D eigenvalue weighted by atomic mass is 10.2. The summed E-state index contributed by atoms with van der Waals surface area (Å²) in [7, 11) is 0. The molecule has 0 aliphatic heterocycles. The molecule has 0 saturated carbocycles. The van der Waals surface area contributed by atoms with Crippen molar-refractivity contribution < 1.29 is 0 Å². The molecule has 0 unspecified atom stereocenters. The second kappa shape index (κ2) is 3.13. The maximum atomic E-state index is 11.5. The molecule has 0 bridgehead atoms.